The summed E-state index contributed by atoms with van der Waals surface area (Å²) in [6.07, 6.45) is 6.57. The van der Waals surface area contributed by atoms with Crippen LogP contribution < -0.4 is 10.6 Å². The molecule has 2 atom stereocenters. The molecule has 0 spiro atoms. The van der Waals surface area contributed by atoms with Crippen LogP contribution in [0.5, 0.6) is 0 Å². The Kier molecular flexibility index (Phi) is 5.26. The van der Waals surface area contributed by atoms with Crippen LogP contribution in [0.25, 0.3) is 0 Å². The van der Waals surface area contributed by atoms with Crippen molar-refractivity contribution in [2.75, 3.05) is 6.54 Å². The first-order valence-corrected chi connectivity index (χ1v) is 6.70. The largest absolute Gasteiger partial charge is 0.353 e. The maximum Gasteiger partial charge on any atom is 0.226 e. The van der Waals surface area contributed by atoms with Gasteiger partial charge < -0.3 is 10.6 Å². The number of carbonyl (C=O) groups is 1. The van der Waals surface area contributed by atoms with Crippen molar-refractivity contribution < 1.29 is 4.79 Å². The average Bonchev–Trinajstić information content (AvgIpc) is 2.16. The Balaban J connectivity index is 0.00000144. The minimum atomic E-state index is -0.00584. The van der Waals surface area contributed by atoms with Crippen LogP contribution in [0.15, 0.2) is 0 Å². The summed E-state index contributed by atoms with van der Waals surface area (Å²) in [6.45, 7) is 5.37. The van der Waals surface area contributed by atoms with E-state index < -0.39 is 0 Å². The van der Waals surface area contributed by atoms with Crippen molar-refractivity contribution in [2.45, 2.75) is 64.5 Å². The molecule has 2 N–H and O–H groups in total. The maximum absolute atomic E-state index is 12.2. The molecule has 2 unspecified atom stereocenters. The Morgan fingerprint density at radius 2 is 2.18 bits per heavy atom. The summed E-state index contributed by atoms with van der Waals surface area (Å²) in [7, 11) is 0. The number of piperidine rings is 1. The number of carbonyl (C=O) groups excluding carboxylic acids is 1. The second kappa shape index (κ2) is 6.05. The van der Waals surface area contributed by atoms with Gasteiger partial charge in [-0.15, -0.1) is 12.4 Å². The second-order valence-corrected chi connectivity index (χ2v) is 5.54. The van der Waals surface area contributed by atoms with Crippen LogP contribution >= 0.6 is 12.4 Å². The van der Waals surface area contributed by atoms with Gasteiger partial charge in [-0.2, -0.15) is 0 Å². The summed E-state index contributed by atoms with van der Waals surface area (Å²) in [5, 5.41) is 6.68. The quantitative estimate of drug-likeness (QED) is 0.817. The van der Waals surface area contributed by atoms with Gasteiger partial charge in [0.2, 0.25) is 5.91 Å². The molecule has 0 aromatic rings. The third-order valence-corrected chi connectivity index (χ3v) is 4.43. The van der Waals surface area contributed by atoms with Crippen molar-refractivity contribution in [1.29, 1.82) is 0 Å². The summed E-state index contributed by atoms with van der Waals surface area (Å²) in [6, 6.07) is 0.936. The predicted molar refractivity (Wildman–Crippen MR) is 72.5 cm³/mol. The van der Waals surface area contributed by atoms with E-state index in [0.29, 0.717) is 18.0 Å². The van der Waals surface area contributed by atoms with E-state index in [4.69, 9.17) is 0 Å². The Morgan fingerprint density at radius 1 is 1.47 bits per heavy atom. The number of hydrogen-bond donors (Lipinski definition) is 2. The van der Waals surface area contributed by atoms with E-state index in [9.17, 15) is 4.79 Å². The molecule has 1 amide bonds. The number of halogens is 1. The van der Waals surface area contributed by atoms with Crippen molar-refractivity contribution >= 4 is 18.3 Å². The first-order chi connectivity index (χ1) is 7.66. The molecule has 100 valence electrons. The van der Waals surface area contributed by atoms with Gasteiger partial charge in [-0.05, 0) is 45.6 Å². The molecule has 0 aromatic carbocycles. The van der Waals surface area contributed by atoms with Crippen molar-refractivity contribution in [1.82, 2.24) is 10.6 Å². The molecule has 2 rings (SSSR count). The SMILES string of the molecule is CCC1(C(=O)NC2CCNC(C)C2)CCC1.Cl. The zero-order chi connectivity index (χ0) is 11.6. The Labute approximate surface area is 111 Å². The van der Waals surface area contributed by atoms with Crippen LogP contribution in [0.3, 0.4) is 0 Å². The van der Waals surface area contributed by atoms with Gasteiger partial charge in [0.25, 0.3) is 0 Å². The van der Waals surface area contributed by atoms with Crippen LogP contribution in [-0.2, 0) is 4.79 Å². The topological polar surface area (TPSA) is 41.1 Å². The lowest BCUT2D eigenvalue weighted by Crippen LogP contribution is -2.52. The smallest absolute Gasteiger partial charge is 0.226 e. The van der Waals surface area contributed by atoms with Gasteiger partial charge in [-0.3, -0.25) is 4.79 Å². The van der Waals surface area contributed by atoms with Gasteiger partial charge in [0.05, 0.1) is 0 Å². The molecule has 1 saturated heterocycles. The lowest BCUT2D eigenvalue weighted by Gasteiger charge is -2.41. The molecule has 4 heteroatoms. The zero-order valence-corrected chi connectivity index (χ0v) is 11.7. The minimum absolute atomic E-state index is 0. The summed E-state index contributed by atoms with van der Waals surface area (Å²) in [4.78, 5) is 12.2. The third-order valence-electron chi connectivity index (χ3n) is 4.43. The number of nitrogens with one attached hydrogen (secondary N) is 2. The molecule has 17 heavy (non-hydrogen) atoms. The normalized spacial score (nSPS) is 30.9. The van der Waals surface area contributed by atoms with Crippen LogP contribution in [0.1, 0.15) is 52.4 Å². The van der Waals surface area contributed by atoms with E-state index in [1.165, 1.54) is 6.42 Å². The van der Waals surface area contributed by atoms with Crippen molar-refractivity contribution in [3.63, 3.8) is 0 Å². The monoisotopic (exact) mass is 260 g/mol. The van der Waals surface area contributed by atoms with Gasteiger partial charge in [0.15, 0.2) is 0 Å². The van der Waals surface area contributed by atoms with Crippen LogP contribution in [-0.4, -0.2) is 24.5 Å². The Hall–Kier alpha value is -0.280. The Morgan fingerprint density at radius 3 is 2.65 bits per heavy atom. The first-order valence-electron chi connectivity index (χ1n) is 6.70. The molecule has 2 aliphatic rings. The summed E-state index contributed by atoms with van der Waals surface area (Å²) in [5.41, 5.74) is -0.00584. The first kappa shape index (κ1) is 14.8. The summed E-state index contributed by atoms with van der Waals surface area (Å²) < 4.78 is 0. The third kappa shape index (κ3) is 3.14. The zero-order valence-electron chi connectivity index (χ0n) is 10.9. The van der Waals surface area contributed by atoms with E-state index >= 15 is 0 Å². The van der Waals surface area contributed by atoms with Crippen LogP contribution in [0.2, 0.25) is 0 Å². The standard InChI is InChI=1S/C13H24N2O.ClH/c1-3-13(6-4-7-13)12(16)15-11-5-8-14-10(2)9-11;/h10-11,14H,3-9H2,1-2H3,(H,15,16);1H. The molecule has 1 heterocycles. The molecule has 3 nitrogen and oxygen atoms in total. The molecule has 1 saturated carbocycles. The molecule has 0 radical (unpaired) electrons. The minimum Gasteiger partial charge on any atom is -0.353 e. The second-order valence-electron chi connectivity index (χ2n) is 5.54. The van der Waals surface area contributed by atoms with Gasteiger partial charge in [0, 0.05) is 17.5 Å². The molecule has 1 aliphatic carbocycles. The molecular formula is C13H25ClN2O. The maximum atomic E-state index is 12.2. The predicted octanol–water partition coefficient (Wildman–Crippen LogP) is 2.25. The van der Waals surface area contributed by atoms with Gasteiger partial charge >= 0.3 is 0 Å². The average molecular weight is 261 g/mol. The highest BCUT2D eigenvalue weighted by atomic mass is 35.5. The molecule has 2 fully saturated rings. The fraction of sp³-hybridized carbons (Fsp3) is 0.923. The van der Waals surface area contributed by atoms with E-state index in [0.717, 1.165) is 38.6 Å². The lowest BCUT2D eigenvalue weighted by molar-refractivity contribution is -0.137. The van der Waals surface area contributed by atoms with E-state index in [1.807, 2.05) is 0 Å². The van der Waals surface area contributed by atoms with Crippen molar-refractivity contribution in [3.8, 4) is 0 Å². The number of hydrogen-bond acceptors (Lipinski definition) is 2. The molecule has 0 bridgehead atoms. The fourth-order valence-corrected chi connectivity index (χ4v) is 2.95. The van der Waals surface area contributed by atoms with E-state index in [2.05, 4.69) is 24.5 Å². The highest BCUT2D eigenvalue weighted by Crippen LogP contribution is 2.44. The molecule has 0 aromatic heterocycles. The van der Waals surface area contributed by atoms with Gasteiger partial charge in [-0.1, -0.05) is 13.3 Å². The van der Waals surface area contributed by atoms with Crippen LogP contribution in [0.4, 0.5) is 0 Å². The number of rotatable bonds is 3. The van der Waals surface area contributed by atoms with Crippen LogP contribution in [0, 0.1) is 5.41 Å². The summed E-state index contributed by atoms with van der Waals surface area (Å²) in [5.74, 6) is 0.320. The van der Waals surface area contributed by atoms with Gasteiger partial charge in [0.1, 0.15) is 0 Å². The highest BCUT2D eigenvalue weighted by Gasteiger charge is 2.42. The van der Waals surface area contributed by atoms with Crippen molar-refractivity contribution in [2.24, 2.45) is 5.41 Å². The van der Waals surface area contributed by atoms with Gasteiger partial charge in [-0.25, -0.2) is 0 Å². The van der Waals surface area contributed by atoms with Crippen molar-refractivity contribution in [3.05, 3.63) is 0 Å². The molecular weight excluding hydrogens is 236 g/mol. The summed E-state index contributed by atoms with van der Waals surface area (Å²) >= 11 is 0. The van der Waals surface area contributed by atoms with E-state index in [1.54, 1.807) is 0 Å². The lowest BCUT2D eigenvalue weighted by atomic mass is 9.66. The number of amides is 1. The Bertz CT molecular complexity index is 261. The highest BCUT2D eigenvalue weighted by molar-refractivity contribution is 5.85. The molecule has 1 aliphatic heterocycles. The van der Waals surface area contributed by atoms with E-state index in [-0.39, 0.29) is 17.8 Å². The fourth-order valence-electron chi connectivity index (χ4n) is 2.95.